The number of aliphatic imine (C=N–C) groups is 1. The number of alkyl halides is 2. The minimum Gasteiger partial charge on any atom is -0.434 e. The van der Waals surface area contributed by atoms with E-state index in [-0.39, 0.29) is 12.3 Å². The first-order valence-electron chi connectivity index (χ1n) is 8.21. The summed E-state index contributed by atoms with van der Waals surface area (Å²) in [6.45, 7) is 2.25. The number of rotatable bonds is 7. The van der Waals surface area contributed by atoms with Crippen LogP contribution in [0.15, 0.2) is 23.2 Å². The zero-order valence-corrected chi connectivity index (χ0v) is 14.1. The van der Waals surface area contributed by atoms with E-state index in [2.05, 4.69) is 20.4 Å². The molecule has 0 unspecified atom stereocenters. The van der Waals surface area contributed by atoms with Gasteiger partial charge in [-0.05, 0) is 39.2 Å². The van der Waals surface area contributed by atoms with E-state index in [9.17, 15) is 13.9 Å². The Kier molecular flexibility index (Phi) is 6.36. The molecule has 0 amide bonds. The van der Waals surface area contributed by atoms with Gasteiger partial charge in [0, 0.05) is 18.7 Å². The van der Waals surface area contributed by atoms with E-state index in [0.29, 0.717) is 24.6 Å². The maximum atomic E-state index is 12.5. The summed E-state index contributed by atoms with van der Waals surface area (Å²) < 4.78 is 29.6. The lowest BCUT2D eigenvalue weighted by Crippen LogP contribution is -2.50. The van der Waals surface area contributed by atoms with Crippen LogP contribution in [-0.2, 0) is 6.54 Å². The molecule has 7 heteroatoms. The number of ether oxygens (including phenoxy) is 1. The molecule has 3 N–H and O–H groups in total. The summed E-state index contributed by atoms with van der Waals surface area (Å²) in [6.07, 6.45) is 2.59. The van der Waals surface area contributed by atoms with Crippen molar-refractivity contribution >= 4 is 5.96 Å². The fourth-order valence-corrected chi connectivity index (χ4v) is 2.56. The minimum absolute atomic E-state index is 0.132. The van der Waals surface area contributed by atoms with Crippen molar-refractivity contribution in [1.82, 2.24) is 10.6 Å². The number of aryl methyl sites for hydroxylation is 1. The molecular weight excluding hydrogens is 316 g/mol. The Hall–Kier alpha value is -1.89. The molecule has 24 heavy (non-hydrogen) atoms. The van der Waals surface area contributed by atoms with Gasteiger partial charge in [0.1, 0.15) is 5.75 Å². The van der Waals surface area contributed by atoms with Crippen LogP contribution in [0.4, 0.5) is 8.78 Å². The Bertz CT molecular complexity index is 575. The van der Waals surface area contributed by atoms with Gasteiger partial charge in [-0.15, -0.1) is 0 Å². The van der Waals surface area contributed by atoms with Gasteiger partial charge in [0.15, 0.2) is 5.96 Å². The lowest BCUT2D eigenvalue weighted by Gasteiger charge is -2.37. The summed E-state index contributed by atoms with van der Waals surface area (Å²) in [5, 5.41) is 16.3. The van der Waals surface area contributed by atoms with Crippen LogP contribution in [0.2, 0.25) is 0 Å². The van der Waals surface area contributed by atoms with Crippen LogP contribution in [0, 0.1) is 6.92 Å². The van der Waals surface area contributed by atoms with Crippen molar-refractivity contribution in [2.75, 3.05) is 13.1 Å². The topological polar surface area (TPSA) is 65.9 Å². The smallest absolute Gasteiger partial charge is 0.387 e. The van der Waals surface area contributed by atoms with Crippen molar-refractivity contribution in [3.63, 3.8) is 0 Å². The molecule has 1 fully saturated rings. The van der Waals surface area contributed by atoms with E-state index in [0.717, 1.165) is 24.8 Å². The summed E-state index contributed by atoms with van der Waals surface area (Å²) in [7, 11) is 0. The summed E-state index contributed by atoms with van der Waals surface area (Å²) in [4.78, 5) is 4.41. The van der Waals surface area contributed by atoms with Gasteiger partial charge in [-0.1, -0.05) is 17.7 Å². The molecule has 0 heterocycles. The Labute approximate surface area is 141 Å². The van der Waals surface area contributed by atoms with E-state index < -0.39 is 12.2 Å². The van der Waals surface area contributed by atoms with Crippen LogP contribution in [0.5, 0.6) is 5.75 Å². The number of aliphatic hydroxyl groups is 1. The van der Waals surface area contributed by atoms with Crippen LogP contribution in [-0.4, -0.2) is 36.4 Å². The molecule has 5 nitrogen and oxygen atoms in total. The minimum atomic E-state index is -2.87. The molecule has 0 radical (unpaired) electrons. The Morgan fingerprint density at radius 2 is 2.12 bits per heavy atom. The van der Waals surface area contributed by atoms with Crippen molar-refractivity contribution in [2.24, 2.45) is 4.99 Å². The molecule has 0 saturated heterocycles. The molecule has 0 aromatic heterocycles. The molecule has 2 rings (SSSR count). The second kappa shape index (κ2) is 8.28. The molecule has 134 valence electrons. The standard InChI is InChI=1S/C17H25F2N3O2/c1-3-20-16(22-11-17(23)7-4-8-17)21-10-13-9-12(2)5-6-14(13)24-15(18)19/h5-6,9,15,23H,3-4,7-8,10-11H2,1-2H3,(H2,20,21,22). The van der Waals surface area contributed by atoms with Crippen molar-refractivity contribution in [3.8, 4) is 5.75 Å². The van der Waals surface area contributed by atoms with Crippen molar-refractivity contribution in [1.29, 1.82) is 0 Å². The fraction of sp³-hybridized carbons (Fsp3) is 0.588. The number of nitrogens with zero attached hydrogens (tertiary/aromatic N) is 1. The highest BCUT2D eigenvalue weighted by Gasteiger charge is 2.34. The van der Waals surface area contributed by atoms with Gasteiger partial charge in [0.05, 0.1) is 12.1 Å². The largest absolute Gasteiger partial charge is 0.434 e. The van der Waals surface area contributed by atoms with Gasteiger partial charge in [-0.2, -0.15) is 8.78 Å². The lowest BCUT2D eigenvalue weighted by molar-refractivity contribution is -0.0504. The normalized spacial score (nSPS) is 16.7. The van der Waals surface area contributed by atoms with E-state index in [1.54, 1.807) is 12.1 Å². The van der Waals surface area contributed by atoms with Crippen LogP contribution < -0.4 is 15.4 Å². The zero-order valence-electron chi connectivity index (χ0n) is 14.1. The number of benzene rings is 1. The van der Waals surface area contributed by atoms with E-state index >= 15 is 0 Å². The number of hydrogen-bond donors (Lipinski definition) is 3. The Morgan fingerprint density at radius 3 is 2.71 bits per heavy atom. The van der Waals surface area contributed by atoms with Crippen molar-refractivity contribution < 1.29 is 18.6 Å². The second-order valence-electron chi connectivity index (χ2n) is 6.12. The lowest BCUT2D eigenvalue weighted by atomic mass is 9.80. The SMILES string of the molecule is CCNC(=NCc1cc(C)ccc1OC(F)F)NCC1(O)CCC1. The quantitative estimate of drug-likeness (QED) is 0.527. The highest BCUT2D eigenvalue weighted by atomic mass is 19.3. The second-order valence-corrected chi connectivity index (χ2v) is 6.12. The molecule has 0 atom stereocenters. The number of hydrogen-bond acceptors (Lipinski definition) is 3. The van der Waals surface area contributed by atoms with E-state index in [4.69, 9.17) is 0 Å². The maximum Gasteiger partial charge on any atom is 0.387 e. The van der Waals surface area contributed by atoms with Gasteiger partial charge in [0.25, 0.3) is 0 Å². The first-order valence-corrected chi connectivity index (χ1v) is 8.21. The highest BCUT2D eigenvalue weighted by molar-refractivity contribution is 5.79. The van der Waals surface area contributed by atoms with E-state index in [1.807, 2.05) is 13.8 Å². The first-order chi connectivity index (χ1) is 11.4. The zero-order chi connectivity index (χ0) is 17.6. The summed E-state index contributed by atoms with van der Waals surface area (Å²) in [5.74, 6) is 0.676. The fourth-order valence-electron chi connectivity index (χ4n) is 2.56. The van der Waals surface area contributed by atoms with Gasteiger partial charge in [-0.3, -0.25) is 0 Å². The number of guanidine groups is 1. The van der Waals surface area contributed by atoms with E-state index in [1.165, 1.54) is 6.07 Å². The van der Waals surface area contributed by atoms with Crippen molar-refractivity contribution in [2.45, 2.75) is 51.9 Å². The third kappa shape index (κ3) is 5.33. The van der Waals surface area contributed by atoms with Crippen LogP contribution in [0.25, 0.3) is 0 Å². The average Bonchev–Trinajstić information content (AvgIpc) is 2.50. The molecule has 1 saturated carbocycles. The van der Waals surface area contributed by atoms with Gasteiger partial charge in [0.2, 0.25) is 0 Å². The first kappa shape index (κ1) is 18.4. The summed E-state index contributed by atoms with van der Waals surface area (Å²) in [5.41, 5.74) is 0.877. The predicted octanol–water partition coefficient (Wildman–Crippen LogP) is 2.57. The molecule has 1 aromatic carbocycles. The molecular formula is C17H25F2N3O2. The monoisotopic (exact) mass is 341 g/mol. The molecule has 0 aliphatic heterocycles. The average molecular weight is 341 g/mol. The van der Waals surface area contributed by atoms with Gasteiger partial charge < -0.3 is 20.5 Å². The van der Waals surface area contributed by atoms with Crippen LogP contribution >= 0.6 is 0 Å². The molecule has 1 aromatic rings. The predicted molar refractivity (Wildman–Crippen MR) is 89.4 cm³/mol. The van der Waals surface area contributed by atoms with Gasteiger partial charge >= 0.3 is 6.61 Å². The van der Waals surface area contributed by atoms with Gasteiger partial charge in [-0.25, -0.2) is 4.99 Å². The number of halogens is 2. The van der Waals surface area contributed by atoms with Crippen LogP contribution in [0.3, 0.4) is 0 Å². The molecule has 1 aliphatic rings. The van der Waals surface area contributed by atoms with Crippen LogP contribution in [0.1, 0.15) is 37.3 Å². The Morgan fingerprint density at radius 1 is 1.38 bits per heavy atom. The number of nitrogens with one attached hydrogen (secondary N) is 2. The Balaban J connectivity index is 2.05. The van der Waals surface area contributed by atoms with Crippen molar-refractivity contribution in [3.05, 3.63) is 29.3 Å². The molecule has 0 spiro atoms. The third-order valence-electron chi connectivity index (χ3n) is 4.05. The maximum absolute atomic E-state index is 12.5. The summed E-state index contributed by atoms with van der Waals surface area (Å²) >= 11 is 0. The molecule has 1 aliphatic carbocycles. The summed E-state index contributed by atoms with van der Waals surface area (Å²) in [6, 6.07) is 5.04. The third-order valence-corrected chi connectivity index (χ3v) is 4.05. The highest BCUT2D eigenvalue weighted by Crippen LogP contribution is 2.30. The molecule has 0 bridgehead atoms.